The number of nitrogens with zero attached hydrogens (tertiary/aromatic N) is 4. The topological polar surface area (TPSA) is 73.8 Å². The van der Waals surface area contributed by atoms with Gasteiger partial charge in [-0.1, -0.05) is 36.0 Å². The largest absolute Gasteiger partial charge is 0.302 e. The van der Waals surface area contributed by atoms with Crippen LogP contribution in [0.3, 0.4) is 0 Å². The number of rotatable bonds is 7. The number of nitro groups is 1. The third-order valence-electron chi connectivity index (χ3n) is 3.54. The number of allylic oxidation sites excluding steroid dienone is 1. The molecule has 0 aliphatic heterocycles. The summed E-state index contributed by atoms with van der Waals surface area (Å²) in [7, 11) is 0. The molecule has 0 saturated heterocycles. The van der Waals surface area contributed by atoms with E-state index in [9.17, 15) is 10.1 Å². The average molecular weight is 316 g/mol. The van der Waals surface area contributed by atoms with Crippen LogP contribution >= 0.6 is 11.8 Å². The van der Waals surface area contributed by atoms with E-state index in [0.29, 0.717) is 23.8 Å². The van der Waals surface area contributed by atoms with Crippen LogP contribution in [0.15, 0.2) is 42.1 Å². The van der Waals surface area contributed by atoms with Crippen LogP contribution in [-0.4, -0.2) is 19.7 Å². The van der Waals surface area contributed by atoms with Gasteiger partial charge in [0.25, 0.3) is 5.69 Å². The van der Waals surface area contributed by atoms with Crippen LogP contribution in [0.25, 0.3) is 0 Å². The van der Waals surface area contributed by atoms with Crippen LogP contribution < -0.4 is 0 Å². The first-order valence-electron chi connectivity index (χ1n) is 7.09. The molecule has 0 N–H and O–H groups in total. The Morgan fingerprint density at radius 2 is 2.18 bits per heavy atom. The highest BCUT2D eigenvalue weighted by Gasteiger charge is 2.30. The number of para-hydroxylation sites is 1. The fourth-order valence-corrected chi connectivity index (χ4v) is 3.26. The summed E-state index contributed by atoms with van der Waals surface area (Å²) in [4.78, 5) is 10.7. The zero-order chi connectivity index (χ0) is 15.5. The van der Waals surface area contributed by atoms with E-state index in [0.717, 1.165) is 23.8 Å². The fraction of sp³-hybridized carbons (Fsp3) is 0.333. The van der Waals surface area contributed by atoms with E-state index in [-0.39, 0.29) is 10.6 Å². The van der Waals surface area contributed by atoms with E-state index in [2.05, 4.69) is 21.3 Å². The van der Waals surface area contributed by atoms with Crippen molar-refractivity contribution < 1.29 is 4.92 Å². The van der Waals surface area contributed by atoms with Crippen molar-refractivity contribution >= 4 is 17.4 Å². The highest BCUT2D eigenvalue weighted by Crippen LogP contribution is 2.40. The Morgan fingerprint density at radius 3 is 2.86 bits per heavy atom. The van der Waals surface area contributed by atoms with Gasteiger partial charge < -0.3 is 4.57 Å². The first kappa shape index (κ1) is 14.8. The minimum atomic E-state index is -0.347. The molecule has 1 aromatic heterocycles. The minimum absolute atomic E-state index is 0.146. The predicted octanol–water partition coefficient (Wildman–Crippen LogP) is 3.54. The second-order valence-corrected chi connectivity index (χ2v) is 6.13. The molecule has 1 aliphatic rings. The lowest BCUT2D eigenvalue weighted by Crippen LogP contribution is -2.03. The fourth-order valence-electron chi connectivity index (χ4n) is 2.30. The van der Waals surface area contributed by atoms with Crippen molar-refractivity contribution in [3.05, 3.63) is 58.4 Å². The van der Waals surface area contributed by atoms with Crippen molar-refractivity contribution in [1.82, 2.24) is 14.8 Å². The standard InChI is InChI=1S/C15H16N4O2S/c1-2-9-18-14(11-7-8-11)16-17-15(18)22-10-12-5-3-4-6-13(12)19(20)21/h2-6,11H,1,7-10H2. The SMILES string of the molecule is C=CCn1c(SCc2ccccc2[N+](=O)[O-])nnc1C1CC1. The molecule has 1 heterocycles. The van der Waals surface area contributed by atoms with E-state index >= 15 is 0 Å². The van der Waals surface area contributed by atoms with Crippen molar-refractivity contribution in [2.24, 2.45) is 0 Å². The lowest BCUT2D eigenvalue weighted by molar-refractivity contribution is -0.385. The van der Waals surface area contributed by atoms with E-state index in [1.165, 1.54) is 17.8 Å². The van der Waals surface area contributed by atoms with Gasteiger partial charge in [0.1, 0.15) is 5.82 Å². The van der Waals surface area contributed by atoms with Crippen molar-refractivity contribution in [2.75, 3.05) is 0 Å². The van der Waals surface area contributed by atoms with Gasteiger partial charge in [0.2, 0.25) is 0 Å². The van der Waals surface area contributed by atoms with Crippen LogP contribution in [0, 0.1) is 10.1 Å². The van der Waals surface area contributed by atoms with E-state index in [4.69, 9.17) is 0 Å². The quantitative estimate of drug-likeness (QED) is 0.338. The molecule has 1 aliphatic carbocycles. The van der Waals surface area contributed by atoms with Crippen LogP contribution in [0.5, 0.6) is 0 Å². The monoisotopic (exact) mass is 316 g/mol. The van der Waals surface area contributed by atoms with Gasteiger partial charge in [-0.3, -0.25) is 10.1 Å². The maximum Gasteiger partial charge on any atom is 0.273 e. The maximum atomic E-state index is 11.1. The molecule has 22 heavy (non-hydrogen) atoms. The molecular weight excluding hydrogens is 300 g/mol. The Balaban J connectivity index is 1.79. The number of thioether (sulfide) groups is 1. The van der Waals surface area contributed by atoms with Crippen molar-refractivity contribution in [3.63, 3.8) is 0 Å². The number of hydrogen-bond acceptors (Lipinski definition) is 5. The highest BCUT2D eigenvalue weighted by molar-refractivity contribution is 7.98. The Hall–Kier alpha value is -2.15. The summed E-state index contributed by atoms with van der Waals surface area (Å²) in [6.07, 6.45) is 4.14. The third-order valence-corrected chi connectivity index (χ3v) is 4.56. The third kappa shape index (κ3) is 3.04. The van der Waals surface area contributed by atoms with Crippen LogP contribution in [-0.2, 0) is 12.3 Å². The first-order chi connectivity index (χ1) is 10.7. The zero-order valence-electron chi connectivity index (χ0n) is 12.0. The molecule has 0 unspecified atom stereocenters. The molecule has 114 valence electrons. The Morgan fingerprint density at radius 1 is 1.41 bits per heavy atom. The molecule has 0 radical (unpaired) electrons. The number of hydrogen-bond donors (Lipinski definition) is 0. The first-order valence-corrected chi connectivity index (χ1v) is 8.08. The molecule has 6 nitrogen and oxygen atoms in total. The Bertz CT molecular complexity index is 709. The van der Waals surface area contributed by atoms with Crippen molar-refractivity contribution in [2.45, 2.75) is 36.2 Å². The molecule has 1 aromatic carbocycles. The van der Waals surface area contributed by atoms with E-state index in [1.807, 2.05) is 12.1 Å². The molecule has 0 atom stereocenters. The summed E-state index contributed by atoms with van der Waals surface area (Å²) in [5.74, 6) is 2.01. The van der Waals surface area contributed by atoms with E-state index < -0.39 is 0 Å². The van der Waals surface area contributed by atoms with Gasteiger partial charge in [-0.05, 0) is 12.8 Å². The van der Waals surface area contributed by atoms with Gasteiger partial charge in [0.15, 0.2) is 5.16 Å². The van der Waals surface area contributed by atoms with Gasteiger partial charge in [0.05, 0.1) is 4.92 Å². The molecule has 0 amide bonds. The lowest BCUT2D eigenvalue weighted by atomic mass is 10.2. The second-order valence-electron chi connectivity index (χ2n) is 5.19. The van der Waals surface area contributed by atoms with Gasteiger partial charge in [-0.2, -0.15) is 0 Å². The molecule has 3 rings (SSSR count). The molecule has 0 bridgehead atoms. The zero-order valence-corrected chi connectivity index (χ0v) is 12.8. The van der Waals surface area contributed by atoms with Crippen LogP contribution in [0.4, 0.5) is 5.69 Å². The van der Waals surface area contributed by atoms with Crippen LogP contribution in [0.1, 0.15) is 30.1 Å². The summed E-state index contributed by atoms with van der Waals surface area (Å²) in [5, 5.41) is 20.4. The second kappa shape index (κ2) is 6.31. The lowest BCUT2D eigenvalue weighted by Gasteiger charge is -2.07. The molecule has 1 fully saturated rings. The number of nitro benzene ring substituents is 1. The van der Waals surface area contributed by atoms with Crippen molar-refractivity contribution in [1.29, 1.82) is 0 Å². The molecule has 1 saturated carbocycles. The van der Waals surface area contributed by atoms with Gasteiger partial charge in [-0.15, -0.1) is 16.8 Å². The highest BCUT2D eigenvalue weighted by atomic mass is 32.2. The summed E-state index contributed by atoms with van der Waals surface area (Å²) in [6.45, 7) is 4.44. The molecule has 2 aromatic rings. The Kier molecular flexibility index (Phi) is 4.24. The summed E-state index contributed by atoms with van der Waals surface area (Å²) >= 11 is 1.47. The molecule has 7 heteroatoms. The average Bonchev–Trinajstić information content (AvgIpc) is 3.28. The molecule has 0 spiro atoms. The van der Waals surface area contributed by atoms with Crippen LogP contribution in [0.2, 0.25) is 0 Å². The Labute approximate surface area is 132 Å². The van der Waals surface area contributed by atoms with E-state index in [1.54, 1.807) is 12.1 Å². The van der Waals surface area contributed by atoms with Gasteiger partial charge in [-0.25, -0.2) is 0 Å². The smallest absolute Gasteiger partial charge is 0.273 e. The number of benzene rings is 1. The normalized spacial score (nSPS) is 14.0. The minimum Gasteiger partial charge on any atom is -0.302 e. The van der Waals surface area contributed by atoms with Gasteiger partial charge in [0, 0.05) is 29.8 Å². The number of aromatic nitrogens is 3. The predicted molar refractivity (Wildman–Crippen MR) is 84.9 cm³/mol. The summed E-state index contributed by atoms with van der Waals surface area (Å²) in [6, 6.07) is 6.80. The summed E-state index contributed by atoms with van der Waals surface area (Å²) < 4.78 is 2.06. The van der Waals surface area contributed by atoms with Gasteiger partial charge >= 0.3 is 0 Å². The maximum absolute atomic E-state index is 11.1. The summed E-state index contributed by atoms with van der Waals surface area (Å²) in [5.41, 5.74) is 0.839. The van der Waals surface area contributed by atoms with Crippen molar-refractivity contribution in [3.8, 4) is 0 Å². The molecular formula is C15H16N4O2S.